The van der Waals surface area contributed by atoms with Gasteiger partial charge in [0.25, 0.3) is 0 Å². The molecule has 84 valence electrons. The maximum atomic E-state index is 11.9. The first kappa shape index (κ1) is 10.7. The summed E-state index contributed by atoms with van der Waals surface area (Å²) in [6, 6.07) is 9.38. The Hall–Kier alpha value is -1.77. The van der Waals surface area contributed by atoms with Crippen molar-refractivity contribution >= 4 is 11.5 Å². The van der Waals surface area contributed by atoms with E-state index in [-0.39, 0.29) is 5.97 Å². The molecule has 2 rings (SSSR count). The number of allylic oxidation sites excluding steroid dienone is 1. The molecule has 0 fully saturated rings. The van der Waals surface area contributed by atoms with Crippen LogP contribution in [0.4, 0.5) is 0 Å². The van der Waals surface area contributed by atoms with Gasteiger partial charge < -0.3 is 9.47 Å². The van der Waals surface area contributed by atoms with E-state index in [9.17, 15) is 4.79 Å². The van der Waals surface area contributed by atoms with Crippen LogP contribution in [0.15, 0.2) is 36.1 Å². The molecule has 0 aliphatic carbocycles. The molecule has 16 heavy (non-hydrogen) atoms. The second kappa shape index (κ2) is 3.67. The lowest BCUT2D eigenvalue weighted by atomic mass is 10.0. The van der Waals surface area contributed by atoms with Crippen LogP contribution < -0.4 is 0 Å². The van der Waals surface area contributed by atoms with E-state index in [2.05, 4.69) is 0 Å². The fraction of sp³-hybridized carbons (Fsp3) is 0.308. The van der Waals surface area contributed by atoms with E-state index in [1.165, 1.54) is 0 Å². The summed E-state index contributed by atoms with van der Waals surface area (Å²) in [4.78, 5) is 11.9. The molecule has 3 nitrogen and oxygen atoms in total. The second-order valence-corrected chi connectivity index (χ2v) is 4.19. The van der Waals surface area contributed by atoms with Crippen molar-refractivity contribution in [2.75, 3.05) is 0 Å². The van der Waals surface area contributed by atoms with E-state index < -0.39 is 5.79 Å². The van der Waals surface area contributed by atoms with Gasteiger partial charge in [-0.3, -0.25) is 0 Å². The number of rotatable bonds is 1. The molecule has 1 aromatic carbocycles. The molecule has 1 aliphatic heterocycles. The minimum Gasteiger partial charge on any atom is -0.457 e. The number of carbonyl (C=O) groups is 1. The zero-order valence-electron chi connectivity index (χ0n) is 9.61. The fourth-order valence-corrected chi connectivity index (χ4v) is 1.78. The quantitative estimate of drug-likeness (QED) is 0.680. The predicted octanol–water partition coefficient (Wildman–Crippen LogP) is 2.73. The van der Waals surface area contributed by atoms with Crippen LogP contribution in [0, 0.1) is 0 Å². The number of cyclic esters (lactones) is 1. The van der Waals surface area contributed by atoms with Gasteiger partial charge >= 0.3 is 5.97 Å². The molecule has 1 heterocycles. The highest BCUT2D eigenvalue weighted by Crippen LogP contribution is 2.31. The lowest BCUT2D eigenvalue weighted by Crippen LogP contribution is -2.35. The molecule has 0 aromatic heterocycles. The molecule has 1 aromatic rings. The molecular formula is C13H14O3. The number of esters is 1. The van der Waals surface area contributed by atoms with Crippen LogP contribution in [0.3, 0.4) is 0 Å². The first-order chi connectivity index (χ1) is 7.49. The average molecular weight is 218 g/mol. The highest BCUT2D eigenvalue weighted by Gasteiger charge is 2.34. The molecule has 0 N–H and O–H groups in total. The Labute approximate surface area is 94.7 Å². The Morgan fingerprint density at radius 1 is 1.06 bits per heavy atom. The Morgan fingerprint density at radius 3 is 2.25 bits per heavy atom. The summed E-state index contributed by atoms with van der Waals surface area (Å²) in [5.74, 6) is -0.605. The summed E-state index contributed by atoms with van der Waals surface area (Å²) in [5.41, 5.74) is 1.32. The lowest BCUT2D eigenvalue weighted by molar-refractivity contribution is -0.202. The van der Waals surface area contributed by atoms with Crippen molar-refractivity contribution in [3.05, 3.63) is 41.7 Å². The third-order valence-corrected chi connectivity index (χ3v) is 2.36. The monoisotopic (exact) mass is 218 g/mol. The third kappa shape index (κ3) is 1.94. The van der Waals surface area contributed by atoms with Crippen molar-refractivity contribution < 1.29 is 14.3 Å². The third-order valence-electron chi connectivity index (χ3n) is 2.36. The summed E-state index contributed by atoms with van der Waals surface area (Å²) < 4.78 is 10.7. The highest BCUT2D eigenvalue weighted by molar-refractivity contribution is 6.17. The number of hydrogen-bond acceptors (Lipinski definition) is 3. The molecule has 0 amide bonds. The molecule has 0 unspecified atom stereocenters. The van der Waals surface area contributed by atoms with Crippen LogP contribution in [-0.2, 0) is 14.3 Å². The van der Waals surface area contributed by atoms with Gasteiger partial charge in [0.1, 0.15) is 11.3 Å². The van der Waals surface area contributed by atoms with Gasteiger partial charge in [0, 0.05) is 13.8 Å². The first-order valence-corrected chi connectivity index (χ1v) is 5.18. The Bertz CT molecular complexity index is 444. The zero-order chi connectivity index (χ0) is 11.8. The minimum atomic E-state index is -0.876. The largest absolute Gasteiger partial charge is 0.457 e. The van der Waals surface area contributed by atoms with Gasteiger partial charge in [-0.25, -0.2) is 4.79 Å². The number of carbonyl (C=O) groups excluding carboxylic acids is 1. The van der Waals surface area contributed by atoms with Crippen LogP contribution >= 0.6 is 0 Å². The normalized spacial score (nSPS) is 19.1. The first-order valence-electron chi connectivity index (χ1n) is 5.18. The Morgan fingerprint density at radius 2 is 1.69 bits per heavy atom. The van der Waals surface area contributed by atoms with Gasteiger partial charge in [-0.2, -0.15) is 0 Å². The van der Waals surface area contributed by atoms with Crippen LogP contribution in [0.1, 0.15) is 26.3 Å². The van der Waals surface area contributed by atoms with E-state index in [1.807, 2.05) is 30.3 Å². The highest BCUT2D eigenvalue weighted by atomic mass is 16.7. The van der Waals surface area contributed by atoms with Crippen LogP contribution in [0.25, 0.3) is 5.57 Å². The van der Waals surface area contributed by atoms with E-state index in [0.29, 0.717) is 11.3 Å². The molecule has 0 saturated carbocycles. The smallest absolute Gasteiger partial charge is 0.345 e. The minimum absolute atomic E-state index is 0.333. The van der Waals surface area contributed by atoms with Crippen LogP contribution in [-0.4, -0.2) is 11.8 Å². The van der Waals surface area contributed by atoms with Crippen molar-refractivity contribution in [3.8, 4) is 0 Å². The molecular weight excluding hydrogens is 204 g/mol. The van der Waals surface area contributed by atoms with Crippen molar-refractivity contribution in [1.82, 2.24) is 0 Å². The Balaban J connectivity index is 2.45. The van der Waals surface area contributed by atoms with Gasteiger partial charge in [-0.05, 0) is 12.5 Å². The van der Waals surface area contributed by atoms with Gasteiger partial charge in [-0.15, -0.1) is 0 Å². The number of benzene rings is 1. The topological polar surface area (TPSA) is 35.5 Å². The average Bonchev–Trinajstić information content (AvgIpc) is 2.16. The van der Waals surface area contributed by atoms with Crippen molar-refractivity contribution in [2.45, 2.75) is 26.6 Å². The standard InChI is InChI=1S/C13H14O3/c1-9-11(10-7-5-4-6-8-10)12(14)16-13(2,3)15-9/h4-8H,1-3H3. The van der Waals surface area contributed by atoms with Gasteiger partial charge in [-0.1, -0.05) is 30.3 Å². The molecule has 0 spiro atoms. The molecule has 0 bridgehead atoms. The zero-order valence-corrected chi connectivity index (χ0v) is 9.61. The van der Waals surface area contributed by atoms with E-state index in [0.717, 1.165) is 5.56 Å². The molecule has 1 aliphatic rings. The van der Waals surface area contributed by atoms with Crippen molar-refractivity contribution in [2.24, 2.45) is 0 Å². The molecule has 0 saturated heterocycles. The molecule has 0 radical (unpaired) electrons. The predicted molar refractivity (Wildman–Crippen MR) is 60.3 cm³/mol. The number of hydrogen-bond donors (Lipinski definition) is 0. The molecule has 3 heteroatoms. The maximum absolute atomic E-state index is 11.9. The Kier molecular flexibility index (Phi) is 2.46. The summed E-state index contributed by atoms with van der Waals surface area (Å²) in [5, 5.41) is 0. The summed E-state index contributed by atoms with van der Waals surface area (Å²) in [7, 11) is 0. The SMILES string of the molecule is CC1=C(c2ccccc2)C(=O)OC(C)(C)O1. The molecule has 0 atom stereocenters. The van der Waals surface area contributed by atoms with Crippen molar-refractivity contribution in [3.63, 3.8) is 0 Å². The summed E-state index contributed by atoms with van der Waals surface area (Å²) in [6.07, 6.45) is 0. The lowest BCUT2D eigenvalue weighted by Gasteiger charge is -2.32. The van der Waals surface area contributed by atoms with Gasteiger partial charge in [0.15, 0.2) is 0 Å². The van der Waals surface area contributed by atoms with E-state index >= 15 is 0 Å². The van der Waals surface area contributed by atoms with Gasteiger partial charge in [0.05, 0.1) is 0 Å². The number of ether oxygens (including phenoxy) is 2. The second-order valence-electron chi connectivity index (χ2n) is 4.19. The summed E-state index contributed by atoms with van der Waals surface area (Å²) >= 11 is 0. The van der Waals surface area contributed by atoms with E-state index in [1.54, 1.807) is 20.8 Å². The van der Waals surface area contributed by atoms with E-state index in [4.69, 9.17) is 9.47 Å². The van der Waals surface area contributed by atoms with Crippen LogP contribution in [0.5, 0.6) is 0 Å². The maximum Gasteiger partial charge on any atom is 0.345 e. The fourth-order valence-electron chi connectivity index (χ4n) is 1.78. The van der Waals surface area contributed by atoms with Crippen molar-refractivity contribution in [1.29, 1.82) is 0 Å². The summed E-state index contributed by atoms with van der Waals surface area (Å²) in [6.45, 7) is 5.22. The van der Waals surface area contributed by atoms with Gasteiger partial charge in [0.2, 0.25) is 5.79 Å². The van der Waals surface area contributed by atoms with Crippen LogP contribution in [0.2, 0.25) is 0 Å².